The Bertz CT molecular complexity index is 775. The van der Waals surface area contributed by atoms with E-state index in [2.05, 4.69) is 64.2 Å². The molecule has 1 aromatic carbocycles. The Morgan fingerprint density at radius 1 is 0.941 bits per heavy atom. The van der Waals surface area contributed by atoms with Crippen molar-refractivity contribution in [2.45, 2.75) is 100 Å². The minimum absolute atomic E-state index is 0.0552. The summed E-state index contributed by atoms with van der Waals surface area (Å²) in [7, 11) is 0. The van der Waals surface area contributed by atoms with Crippen LogP contribution in [-0.2, 0) is 19.1 Å². The lowest BCUT2D eigenvalue weighted by Gasteiger charge is -2.44. The number of carbonyl (C=O) groups is 2. The van der Waals surface area contributed by atoms with Crippen LogP contribution in [0.3, 0.4) is 0 Å². The fourth-order valence-electron chi connectivity index (χ4n) is 4.13. The number of esters is 1. The van der Waals surface area contributed by atoms with Crippen LogP contribution in [0.1, 0.15) is 100.0 Å². The van der Waals surface area contributed by atoms with E-state index in [0.717, 1.165) is 6.42 Å². The minimum atomic E-state index is -0.684. The topological polar surface area (TPSA) is 64.6 Å². The summed E-state index contributed by atoms with van der Waals surface area (Å²) in [5.41, 5.74) is 0.0452. The molecule has 0 aliphatic carbocycles. The average molecular weight is 476 g/mol. The van der Waals surface area contributed by atoms with Crippen molar-refractivity contribution in [2.75, 3.05) is 19.8 Å². The predicted molar refractivity (Wildman–Crippen MR) is 140 cm³/mol. The maximum Gasteiger partial charge on any atom is 0.312 e. The van der Waals surface area contributed by atoms with Crippen LogP contribution in [0.2, 0.25) is 0 Å². The van der Waals surface area contributed by atoms with Crippen LogP contribution in [0, 0.1) is 16.2 Å². The van der Waals surface area contributed by atoms with Crippen molar-refractivity contribution in [3.8, 4) is 0 Å². The molecule has 34 heavy (non-hydrogen) atoms. The van der Waals surface area contributed by atoms with Gasteiger partial charge in [-0.3, -0.25) is 9.59 Å². The molecule has 0 fully saturated rings. The highest BCUT2D eigenvalue weighted by atomic mass is 16.5. The van der Waals surface area contributed by atoms with Gasteiger partial charge in [0.2, 0.25) is 5.91 Å². The molecule has 1 aromatic rings. The smallest absolute Gasteiger partial charge is 0.312 e. The van der Waals surface area contributed by atoms with Crippen molar-refractivity contribution in [3.63, 3.8) is 0 Å². The normalized spacial score (nSPS) is 13.9. The fourth-order valence-corrected chi connectivity index (χ4v) is 4.13. The Balaban J connectivity index is 2.67. The van der Waals surface area contributed by atoms with Crippen molar-refractivity contribution >= 4 is 11.9 Å². The summed E-state index contributed by atoms with van der Waals surface area (Å²) in [6, 6.07) is 10.5. The summed E-state index contributed by atoms with van der Waals surface area (Å²) in [5.74, 6) is 0.0141. The number of ether oxygens (including phenoxy) is 2. The molecule has 0 heterocycles. The number of hydrogen-bond donors (Lipinski definition) is 1. The Hall–Kier alpha value is -1.88. The van der Waals surface area contributed by atoms with Gasteiger partial charge in [-0.25, -0.2) is 0 Å². The zero-order valence-corrected chi connectivity index (χ0v) is 23.3. The Morgan fingerprint density at radius 2 is 1.53 bits per heavy atom. The zero-order chi connectivity index (χ0) is 26.2. The van der Waals surface area contributed by atoms with Crippen LogP contribution < -0.4 is 5.32 Å². The number of carbonyl (C=O) groups excluding carboxylic acids is 2. The summed E-state index contributed by atoms with van der Waals surface area (Å²) in [5, 5.41) is 2.84. The van der Waals surface area contributed by atoms with Crippen molar-refractivity contribution in [1.29, 1.82) is 0 Å². The summed E-state index contributed by atoms with van der Waals surface area (Å²) >= 11 is 0. The van der Waals surface area contributed by atoms with Gasteiger partial charge >= 0.3 is 5.97 Å². The predicted octanol–water partition coefficient (Wildman–Crippen LogP) is 6.51. The van der Waals surface area contributed by atoms with Crippen LogP contribution >= 0.6 is 0 Å². The highest BCUT2D eigenvalue weighted by Crippen LogP contribution is 2.50. The van der Waals surface area contributed by atoms with Gasteiger partial charge in [0.05, 0.1) is 17.6 Å². The summed E-state index contributed by atoms with van der Waals surface area (Å²) in [4.78, 5) is 25.2. The first-order chi connectivity index (χ1) is 15.5. The Kier molecular flexibility index (Phi) is 10.8. The van der Waals surface area contributed by atoms with Crippen LogP contribution in [0.5, 0.6) is 0 Å². The van der Waals surface area contributed by atoms with E-state index in [-0.39, 0.29) is 34.9 Å². The van der Waals surface area contributed by atoms with Gasteiger partial charge in [-0.1, -0.05) is 65.0 Å². The van der Waals surface area contributed by atoms with Gasteiger partial charge in [0.1, 0.15) is 6.61 Å². The second-order valence-corrected chi connectivity index (χ2v) is 12.2. The highest BCUT2D eigenvalue weighted by molar-refractivity contribution is 5.77. The maximum absolute atomic E-state index is 13.1. The molecule has 0 aromatic heterocycles. The van der Waals surface area contributed by atoms with Crippen LogP contribution in [0.25, 0.3) is 0 Å². The number of rotatable bonds is 13. The van der Waals surface area contributed by atoms with Gasteiger partial charge < -0.3 is 14.8 Å². The van der Waals surface area contributed by atoms with Gasteiger partial charge in [-0.15, -0.1) is 0 Å². The number of benzene rings is 1. The van der Waals surface area contributed by atoms with Gasteiger partial charge in [-0.2, -0.15) is 0 Å². The largest absolute Gasteiger partial charge is 0.463 e. The first-order valence-corrected chi connectivity index (χ1v) is 12.7. The maximum atomic E-state index is 13.1. The quantitative estimate of drug-likeness (QED) is 0.261. The van der Waals surface area contributed by atoms with Crippen molar-refractivity contribution < 1.29 is 19.1 Å². The molecule has 0 aliphatic rings. The van der Waals surface area contributed by atoms with E-state index < -0.39 is 5.41 Å². The molecule has 1 rings (SSSR count). The van der Waals surface area contributed by atoms with Crippen LogP contribution in [-0.4, -0.2) is 37.2 Å². The van der Waals surface area contributed by atoms with E-state index in [1.54, 1.807) is 0 Å². The third-order valence-corrected chi connectivity index (χ3v) is 7.31. The van der Waals surface area contributed by atoms with Gasteiger partial charge in [-0.05, 0) is 69.8 Å². The molecule has 0 saturated carbocycles. The molecule has 0 spiro atoms. The molecular weight excluding hydrogens is 426 g/mol. The minimum Gasteiger partial charge on any atom is -0.463 e. The molecule has 0 bridgehead atoms. The summed E-state index contributed by atoms with van der Waals surface area (Å²) in [6.45, 7) is 22.0. The molecule has 5 heteroatoms. The number of amides is 1. The third kappa shape index (κ3) is 9.05. The molecule has 1 amide bonds. The second-order valence-electron chi connectivity index (χ2n) is 12.2. The molecule has 1 atom stereocenters. The zero-order valence-electron chi connectivity index (χ0n) is 23.3. The van der Waals surface area contributed by atoms with E-state index >= 15 is 0 Å². The van der Waals surface area contributed by atoms with Crippen LogP contribution in [0.15, 0.2) is 30.3 Å². The Morgan fingerprint density at radius 3 is 2.06 bits per heavy atom. The van der Waals surface area contributed by atoms with Gasteiger partial charge in [0.15, 0.2) is 0 Å². The van der Waals surface area contributed by atoms with E-state index in [1.807, 2.05) is 40.7 Å². The molecule has 1 N–H and O–H groups in total. The van der Waals surface area contributed by atoms with Gasteiger partial charge in [0.25, 0.3) is 0 Å². The van der Waals surface area contributed by atoms with Crippen molar-refractivity contribution in [1.82, 2.24) is 5.32 Å². The fraction of sp³-hybridized carbons (Fsp3) is 0.724. The molecule has 194 valence electrons. The average Bonchev–Trinajstić information content (AvgIpc) is 2.73. The standard InChI is InChI=1S/C29H49NO4/c1-11-34-28(7,8)18-17-24(31)30-19-20-33-25(32)29(9,10)27(5,6)21-23(26(2,3)4)22-15-13-12-14-16-22/h12-16,23H,11,17-21H2,1-10H3,(H,30,31). The number of nitrogens with one attached hydrogen (secondary N) is 1. The molecule has 0 saturated heterocycles. The first kappa shape index (κ1) is 30.2. The second kappa shape index (κ2) is 12.2. The highest BCUT2D eigenvalue weighted by Gasteiger charge is 2.47. The van der Waals surface area contributed by atoms with Gasteiger partial charge in [0, 0.05) is 13.0 Å². The molecule has 5 nitrogen and oxygen atoms in total. The van der Waals surface area contributed by atoms with E-state index in [4.69, 9.17) is 9.47 Å². The number of hydrogen-bond acceptors (Lipinski definition) is 4. The molecule has 0 aliphatic heterocycles. The monoisotopic (exact) mass is 475 g/mol. The summed E-state index contributed by atoms with van der Waals surface area (Å²) < 4.78 is 11.3. The third-order valence-electron chi connectivity index (χ3n) is 7.31. The SMILES string of the molecule is CCOC(C)(C)CCC(=O)NCCOC(=O)C(C)(C)C(C)(C)CC(c1ccccc1)C(C)(C)C. The van der Waals surface area contributed by atoms with E-state index in [9.17, 15) is 9.59 Å². The lowest BCUT2D eigenvalue weighted by Crippen LogP contribution is -2.43. The molecule has 0 radical (unpaired) electrons. The lowest BCUT2D eigenvalue weighted by atomic mass is 9.60. The van der Waals surface area contributed by atoms with Crippen LogP contribution in [0.4, 0.5) is 0 Å². The Labute approximate surface area is 208 Å². The van der Waals surface area contributed by atoms with E-state index in [1.165, 1.54) is 5.56 Å². The first-order valence-electron chi connectivity index (χ1n) is 12.7. The summed E-state index contributed by atoms with van der Waals surface area (Å²) in [6.07, 6.45) is 1.88. The van der Waals surface area contributed by atoms with Crippen molar-refractivity contribution in [3.05, 3.63) is 35.9 Å². The van der Waals surface area contributed by atoms with Crippen molar-refractivity contribution in [2.24, 2.45) is 16.2 Å². The molecular formula is C29H49NO4. The molecule has 1 unspecified atom stereocenters. The van der Waals surface area contributed by atoms with E-state index in [0.29, 0.717) is 31.9 Å². The lowest BCUT2D eigenvalue weighted by molar-refractivity contribution is -0.162.